The molecular formula is C18H18N2O4. The summed E-state index contributed by atoms with van der Waals surface area (Å²) in [6.45, 7) is 7.52. The Morgan fingerprint density at radius 2 is 1.00 bits per heavy atom. The van der Waals surface area contributed by atoms with Crippen LogP contribution in [0.4, 0.5) is 0 Å². The quantitative estimate of drug-likeness (QED) is 0.553. The number of nitrogens with zero attached hydrogens (tertiary/aromatic N) is 2. The first-order valence-corrected chi connectivity index (χ1v) is 8.13. The molecule has 2 saturated heterocycles. The molecule has 0 aromatic heterocycles. The van der Waals surface area contributed by atoms with Crippen LogP contribution >= 0.6 is 0 Å². The van der Waals surface area contributed by atoms with Crippen LogP contribution < -0.4 is 0 Å². The zero-order chi connectivity index (χ0) is 17.2. The number of carbonyl (C=O) groups excluding carboxylic acids is 4. The Labute approximate surface area is 139 Å². The summed E-state index contributed by atoms with van der Waals surface area (Å²) in [6.07, 6.45) is 6.76. The van der Waals surface area contributed by atoms with E-state index in [9.17, 15) is 19.2 Å². The largest absolute Gasteiger partial charge is 0.278 e. The molecule has 2 heterocycles. The molecule has 0 spiro atoms. The van der Waals surface area contributed by atoms with E-state index in [4.69, 9.17) is 0 Å². The number of amides is 4. The molecule has 0 aromatic carbocycles. The van der Waals surface area contributed by atoms with Crippen molar-refractivity contribution in [3.05, 3.63) is 37.5 Å². The van der Waals surface area contributed by atoms with Crippen LogP contribution in [0, 0.1) is 35.5 Å². The molecule has 124 valence electrons. The molecule has 4 amide bonds. The molecule has 0 radical (unpaired) electrons. The maximum atomic E-state index is 12.7. The van der Waals surface area contributed by atoms with Crippen LogP contribution in [0.2, 0.25) is 0 Å². The molecule has 2 bridgehead atoms. The summed E-state index contributed by atoms with van der Waals surface area (Å²) in [6, 6.07) is 0. The van der Waals surface area contributed by atoms with Gasteiger partial charge in [0, 0.05) is 24.9 Å². The predicted molar refractivity (Wildman–Crippen MR) is 83.9 cm³/mol. The zero-order valence-electron chi connectivity index (χ0n) is 13.1. The average molecular weight is 326 g/mol. The van der Waals surface area contributed by atoms with Crippen LogP contribution in [-0.4, -0.2) is 46.5 Å². The normalized spacial score (nSPS) is 39.5. The second-order valence-corrected chi connectivity index (χ2v) is 6.79. The monoisotopic (exact) mass is 326 g/mol. The van der Waals surface area contributed by atoms with E-state index >= 15 is 0 Å². The van der Waals surface area contributed by atoms with E-state index < -0.39 is 23.7 Å². The van der Waals surface area contributed by atoms with E-state index in [-0.39, 0.29) is 48.6 Å². The number of hydrogen-bond donors (Lipinski definition) is 0. The summed E-state index contributed by atoms with van der Waals surface area (Å²) in [7, 11) is 0. The minimum absolute atomic E-state index is 0.171. The Kier molecular flexibility index (Phi) is 3.13. The third-order valence-corrected chi connectivity index (χ3v) is 5.82. The van der Waals surface area contributed by atoms with Crippen molar-refractivity contribution in [2.45, 2.75) is 0 Å². The molecule has 6 heteroatoms. The van der Waals surface area contributed by atoms with Gasteiger partial charge in [0.15, 0.2) is 0 Å². The molecule has 3 aliphatic carbocycles. The van der Waals surface area contributed by atoms with Crippen LogP contribution in [0.25, 0.3) is 0 Å². The van der Waals surface area contributed by atoms with E-state index in [1.807, 2.05) is 12.2 Å². The van der Waals surface area contributed by atoms with E-state index in [0.29, 0.717) is 0 Å². The standard InChI is InChI=1S/C18H18N2O4/c1-3-7-19-15(21)11-9-5-6-10(12(11)16(19)22)14-13(9)17(23)20(8-4-2)18(14)24/h3-6,9-14H,1-2,7-8H2/t9?,10?,11-,12+,13-,14+. The highest BCUT2D eigenvalue weighted by Gasteiger charge is 2.68. The fourth-order valence-electron chi connectivity index (χ4n) is 4.97. The average Bonchev–Trinajstić information content (AvgIpc) is 2.99. The lowest BCUT2D eigenvalue weighted by Gasteiger charge is -2.44. The van der Waals surface area contributed by atoms with Crippen molar-refractivity contribution in [2.75, 3.05) is 13.1 Å². The molecule has 1 saturated carbocycles. The highest BCUT2D eigenvalue weighted by Crippen LogP contribution is 2.57. The number of rotatable bonds is 4. The molecule has 0 N–H and O–H groups in total. The van der Waals surface area contributed by atoms with Crippen LogP contribution in [0.5, 0.6) is 0 Å². The SMILES string of the molecule is C=CCN1C(=O)[C@@H]2C3C=CC([C@@H]2C1=O)[C@@H]1C(=O)N(CC=C)C(=O)[C@H]31. The van der Waals surface area contributed by atoms with Gasteiger partial charge in [-0.3, -0.25) is 29.0 Å². The van der Waals surface area contributed by atoms with Gasteiger partial charge in [-0.2, -0.15) is 0 Å². The van der Waals surface area contributed by atoms with Crippen molar-refractivity contribution in [2.24, 2.45) is 35.5 Å². The molecule has 0 aromatic rings. The first-order valence-electron chi connectivity index (χ1n) is 8.13. The molecule has 5 aliphatic rings. The number of hydrogen-bond acceptors (Lipinski definition) is 4. The highest BCUT2D eigenvalue weighted by atomic mass is 16.2. The van der Waals surface area contributed by atoms with E-state index in [1.165, 1.54) is 22.0 Å². The summed E-state index contributed by atoms with van der Waals surface area (Å²) in [5.74, 6) is -3.89. The predicted octanol–water partition coefficient (Wildman–Crippen LogP) is 0.377. The van der Waals surface area contributed by atoms with Crippen molar-refractivity contribution < 1.29 is 19.2 Å². The second-order valence-electron chi connectivity index (χ2n) is 6.79. The molecule has 6 nitrogen and oxygen atoms in total. The van der Waals surface area contributed by atoms with Crippen LogP contribution in [-0.2, 0) is 19.2 Å². The zero-order valence-corrected chi connectivity index (χ0v) is 13.1. The smallest absolute Gasteiger partial charge is 0.234 e. The number of likely N-dealkylation sites (tertiary alicyclic amines) is 2. The lowest BCUT2D eigenvalue weighted by Crippen LogP contribution is -2.50. The fourth-order valence-corrected chi connectivity index (χ4v) is 4.97. The van der Waals surface area contributed by atoms with Crippen LogP contribution in [0.3, 0.4) is 0 Å². The fraction of sp³-hybridized carbons (Fsp3) is 0.444. The third-order valence-electron chi connectivity index (χ3n) is 5.82. The lowest BCUT2D eigenvalue weighted by atomic mass is 9.54. The maximum Gasteiger partial charge on any atom is 0.234 e. The van der Waals surface area contributed by atoms with Crippen molar-refractivity contribution in [3.63, 3.8) is 0 Å². The minimum atomic E-state index is -0.533. The van der Waals surface area contributed by atoms with Crippen molar-refractivity contribution in [3.8, 4) is 0 Å². The van der Waals surface area contributed by atoms with Crippen LogP contribution in [0.15, 0.2) is 37.5 Å². The second kappa shape index (κ2) is 5.00. The third kappa shape index (κ3) is 1.60. The summed E-state index contributed by atoms with van der Waals surface area (Å²) in [4.78, 5) is 53.3. The van der Waals surface area contributed by atoms with Crippen molar-refractivity contribution in [1.82, 2.24) is 9.80 Å². The number of carbonyl (C=O) groups is 4. The lowest BCUT2D eigenvalue weighted by molar-refractivity contribution is -0.139. The van der Waals surface area contributed by atoms with Gasteiger partial charge in [0.05, 0.1) is 23.7 Å². The molecule has 3 fully saturated rings. The Hall–Kier alpha value is -2.50. The maximum absolute atomic E-state index is 12.7. The molecule has 2 aliphatic heterocycles. The molecular weight excluding hydrogens is 308 g/mol. The summed E-state index contributed by atoms with van der Waals surface area (Å²) in [5, 5.41) is 0. The molecule has 5 rings (SSSR count). The minimum Gasteiger partial charge on any atom is -0.278 e. The van der Waals surface area contributed by atoms with Gasteiger partial charge in [-0.25, -0.2) is 0 Å². The van der Waals surface area contributed by atoms with Gasteiger partial charge in [0.25, 0.3) is 0 Å². The Morgan fingerprint density at radius 1 is 0.708 bits per heavy atom. The molecule has 0 unspecified atom stereocenters. The van der Waals surface area contributed by atoms with Crippen molar-refractivity contribution in [1.29, 1.82) is 0 Å². The Balaban J connectivity index is 1.76. The van der Waals surface area contributed by atoms with Gasteiger partial charge in [-0.1, -0.05) is 24.3 Å². The topological polar surface area (TPSA) is 74.8 Å². The Bertz CT molecular complexity index is 621. The highest BCUT2D eigenvalue weighted by molar-refractivity contribution is 6.11. The first kappa shape index (κ1) is 15.1. The van der Waals surface area contributed by atoms with Crippen molar-refractivity contribution >= 4 is 23.6 Å². The summed E-state index contributed by atoms with van der Waals surface area (Å²) in [5.41, 5.74) is 0. The first-order chi connectivity index (χ1) is 11.5. The van der Waals surface area contributed by atoms with Gasteiger partial charge in [0.1, 0.15) is 0 Å². The summed E-state index contributed by atoms with van der Waals surface area (Å²) < 4.78 is 0. The molecule has 4 atom stereocenters. The van der Waals surface area contributed by atoms with Gasteiger partial charge in [0.2, 0.25) is 23.6 Å². The van der Waals surface area contributed by atoms with E-state index in [1.54, 1.807) is 0 Å². The van der Waals surface area contributed by atoms with E-state index in [0.717, 1.165) is 0 Å². The number of allylic oxidation sites excluding steroid dienone is 2. The van der Waals surface area contributed by atoms with Gasteiger partial charge >= 0.3 is 0 Å². The molecule has 24 heavy (non-hydrogen) atoms. The van der Waals surface area contributed by atoms with Crippen LogP contribution in [0.1, 0.15) is 0 Å². The van der Waals surface area contributed by atoms with Gasteiger partial charge in [-0.15, -0.1) is 13.2 Å². The van der Waals surface area contributed by atoms with Gasteiger partial charge in [-0.05, 0) is 0 Å². The summed E-state index contributed by atoms with van der Waals surface area (Å²) >= 11 is 0. The van der Waals surface area contributed by atoms with Gasteiger partial charge < -0.3 is 0 Å². The number of imide groups is 2. The Morgan fingerprint density at radius 3 is 1.25 bits per heavy atom. The van der Waals surface area contributed by atoms with E-state index in [2.05, 4.69) is 13.2 Å².